The van der Waals surface area contributed by atoms with Gasteiger partial charge in [-0.15, -0.1) is 0 Å². The molecule has 0 radical (unpaired) electrons. The standard InChI is InChI=1S/C29H36N4O4S.C2HF3O2/c1-20-10-11-21(2)27(16-20)31-12-14-32(15-13-31)29(34)26-19-33(18-25(26)17-24-8-6-5-7-9-24)38(35,36)28-22(3)30-37-23(28)4;3-2(4,5)1(6)7/h5-11,16,25-26H,12-15,17-19H2,1-4H3;(H,6,7)/t25-,26-;/m1./s1. The summed E-state index contributed by atoms with van der Waals surface area (Å²) in [6.45, 7) is 10.7. The Morgan fingerprint density at radius 1 is 0.978 bits per heavy atom. The van der Waals surface area contributed by atoms with E-state index in [0.717, 1.165) is 18.7 Å². The number of benzene rings is 2. The maximum atomic E-state index is 13.9. The number of amides is 1. The number of aromatic nitrogens is 1. The van der Waals surface area contributed by atoms with Gasteiger partial charge in [0.05, 0.1) is 5.92 Å². The van der Waals surface area contributed by atoms with Crippen LogP contribution in [-0.4, -0.2) is 85.2 Å². The highest BCUT2D eigenvalue weighted by Crippen LogP contribution is 2.35. The van der Waals surface area contributed by atoms with Crippen LogP contribution in [0.5, 0.6) is 0 Å². The predicted molar refractivity (Wildman–Crippen MR) is 160 cm³/mol. The van der Waals surface area contributed by atoms with E-state index in [1.165, 1.54) is 21.1 Å². The fourth-order valence-electron chi connectivity index (χ4n) is 5.87. The van der Waals surface area contributed by atoms with Crippen LogP contribution in [0, 0.1) is 39.5 Å². The number of aryl methyl sites for hydroxylation is 4. The van der Waals surface area contributed by atoms with Crippen molar-refractivity contribution in [3.8, 4) is 0 Å². The number of hydrogen-bond donors (Lipinski definition) is 1. The third kappa shape index (κ3) is 7.85. The zero-order valence-corrected chi connectivity index (χ0v) is 26.4. The van der Waals surface area contributed by atoms with Crippen LogP contribution in [0.3, 0.4) is 0 Å². The van der Waals surface area contributed by atoms with Crippen molar-refractivity contribution in [2.75, 3.05) is 44.2 Å². The number of hydrogen-bond acceptors (Lipinski definition) is 7. The van der Waals surface area contributed by atoms with Gasteiger partial charge in [-0.1, -0.05) is 47.6 Å². The van der Waals surface area contributed by atoms with Gasteiger partial charge >= 0.3 is 12.1 Å². The molecule has 2 saturated heterocycles. The zero-order valence-electron chi connectivity index (χ0n) is 25.5. The van der Waals surface area contributed by atoms with Crippen molar-refractivity contribution in [3.05, 3.63) is 76.7 Å². The van der Waals surface area contributed by atoms with Crippen LogP contribution in [0.25, 0.3) is 0 Å². The SMILES string of the molecule is Cc1ccc(C)c(N2CCN(C(=O)[C@@H]3CN(S(=O)(=O)c4c(C)noc4C)C[C@H]3Cc3ccccc3)CC2)c1.O=C(O)C(F)(F)F. The van der Waals surface area contributed by atoms with Crippen molar-refractivity contribution >= 4 is 27.6 Å². The van der Waals surface area contributed by atoms with E-state index in [-0.39, 0.29) is 29.0 Å². The van der Waals surface area contributed by atoms with E-state index in [2.05, 4.69) is 42.1 Å². The summed E-state index contributed by atoms with van der Waals surface area (Å²) in [5.41, 5.74) is 5.12. The molecule has 0 unspecified atom stereocenters. The minimum atomic E-state index is -5.08. The van der Waals surface area contributed by atoms with Gasteiger partial charge in [0.1, 0.15) is 10.6 Å². The lowest BCUT2D eigenvalue weighted by atomic mass is 9.88. The molecule has 5 rings (SSSR count). The first-order valence-corrected chi connectivity index (χ1v) is 15.9. The molecule has 2 atom stereocenters. The van der Waals surface area contributed by atoms with Gasteiger partial charge < -0.3 is 19.4 Å². The molecule has 0 saturated carbocycles. The van der Waals surface area contributed by atoms with Gasteiger partial charge in [0, 0.05) is 45.0 Å². The predicted octanol–water partition coefficient (Wildman–Crippen LogP) is 4.37. The van der Waals surface area contributed by atoms with E-state index in [4.69, 9.17) is 14.4 Å². The molecule has 2 aliphatic rings. The van der Waals surface area contributed by atoms with Gasteiger partial charge in [0.25, 0.3) is 0 Å². The van der Waals surface area contributed by atoms with Crippen LogP contribution < -0.4 is 4.90 Å². The molecule has 45 heavy (non-hydrogen) atoms. The largest absolute Gasteiger partial charge is 0.490 e. The first kappa shape index (κ1) is 34.0. The summed E-state index contributed by atoms with van der Waals surface area (Å²) in [5.74, 6) is -2.95. The minimum Gasteiger partial charge on any atom is -0.475 e. The van der Waals surface area contributed by atoms with Gasteiger partial charge in [-0.25, -0.2) is 13.2 Å². The summed E-state index contributed by atoms with van der Waals surface area (Å²) in [6, 6.07) is 16.5. The molecule has 2 fully saturated rings. The van der Waals surface area contributed by atoms with Crippen molar-refractivity contribution in [2.45, 2.75) is 45.2 Å². The molecule has 244 valence electrons. The fourth-order valence-corrected chi connectivity index (χ4v) is 7.68. The number of carbonyl (C=O) groups is 2. The molecule has 1 N–H and O–H groups in total. The Balaban J connectivity index is 0.000000591. The molecule has 0 aliphatic carbocycles. The average Bonchev–Trinajstić information content (AvgIpc) is 3.57. The molecule has 14 heteroatoms. The fraction of sp³-hybridized carbons (Fsp3) is 0.452. The van der Waals surface area contributed by atoms with Crippen LogP contribution in [-0.2, 0) is 26.0 Å². The molecule has 2 aromatic carbocycles. The summed E-state index contributed by atoms with van der Waals surface area (Å²) < 4.78 is 65.6. The minimum absolute atomic E-state index is 0.0445. The Morgan fingerprint density at radius 2 is 1.60 bits per heavy atom. The summed E-state index contributed by atoms with van der Waals surface area (Å²) in [5, 5.41) is 11.0. The molecule has 0 spiro atoms. The van der Waals surface area contributed by atoms with E-state index >= 15 is 0 Å². The lowest BCUT2D eigenvalue weighted by Crippen LogP contribution is -2.51. The van der Waals surface area contributed by atoms with Gasteiger partial charge in [-0.05, 0) is 62.8 Å². The Labute approximate surface area is 260 Å². The van der Waals surface area contributed by atoms with Crippen molar-refractivity contribution in [1.82, 2.24) is 14.4 Å². The second-order valence-corrected chi connectivity index (χ2v) is 13.3. The monoisotopic (exact) mass is 650 g/mol. The van der Waals surface area contributed by atoms with Gasteiger partial charge in [0.2, 0.25) is 15.9 Å². The number of alkyl halides is 3. The highest BCUT2D eigenvalue weighted by Gasteiger charge is 2.45. The lowest BCUT2D eigenvalue weighted by molar-refractivity contribution is -0.192. The second kappa shape index (κ2) is 13.6. The van der Waals surface area contributed by atoms with E-state index in [9.17, 15) is 26.4 Å². The molecule has 0 bridgehead atoms. The number of nitrogens with zero attached hydrogens (tertiary/aromatic N) is 4. The summed E-state index contributed by atoms with van der Waals surface area (Å²) in [7, 11) is -3.83. The van der Waals surface area contributed by atoms with E-state index in [1.54, 1.807) is 13.8 Å². The Kier molecular flexibility index (Phi) is 10.3. The van der Waals surface area contributed by atoms with Gasteiger partial charge in [-0.2, -0.15) is 17.5 Å². The normalized spacial score (nSPS) is 19.3. The summed E-state index contributed by atoms with van der Waals surface area (Å²) in [6.07, 6.45) is -4.44. The van der Waals surface area contributed by atoms with Crippen molar-refractivity contribution in [1.29, 1.82) is 0 Å². The zero-order chi connectivity index (χ0) is 33.1. The van der Waals surface area contributed by atoms with Crippen molar-refractivity contribution in [3.63, 3.8) is 0 Å². The van der Waals surface area contributed by atoms with Gasteiger partial charge in [0.15, 0.2) is 5.76 Å². The number of piperazine rings is 1. The molecule has 10 nitrogen and oxygen atoms in total. The van der Waals surface area contributed by atoms with Crippen LogP contribution in [0.2, 0.25) is 0 Å². The average molecular weight is 651 g/mol. The first-order valence-electron chi connectivity index (χ1n) is 14.5. The maximum Gasteiger partial charge on any atom is 0.490 e. The van der Waals surface area contributed by atoms with Crippen molar-refractivity contribution < 1.29 is 40.8 Å². The highest BCUT2D eigenvalue weighted by atomic mass is 32.2. The lowest BCUT2D eigenvalue weighted by Gasteiger charge is -2.38. The third-order valence-corrected chi connectivity index (χ3v) is 10.2. The molecular formula is C31H37F3N4O6S. The number of carbonyl (C=O) groups excluding carboxylic acids is 1. The topological polar surface area (TPSA) is 124 Å². The smallest absolute Gasteiger partial charge is 0.475 e. The van der Waals surface area contributed by atoms with E-state index < -0.39 is 28.1 Å². The number of aliphatic carboxylic acids is 1. The van der Waals surface area contributed by atoms with Crippen LogP contribution in [0.15, 0.2) is 57.9 Å². The third-order valence-electron chi connectivity index (χ3n) is 8.17. The van der Waals surface area contributed by atoms with E-state index in [0.29, 0.717) is 31.7 Å². The Bertz CT molecular complexity index is 1600. The number of rotatable bonds is 6. The second-order valence-electron chi connectivity index (χ2n) is 11.4. The van der Waals surface area contributed by atoms with Crippen LogP contribution in [0.1, 0.15) is 28.1 Å². The number of halogens is 3. The molecule has 2 aliphatic heterocycles. The highest BCUT2D eigenvalue weighted by molar-refractivity contribution is 7.89. The first-order chi connectivity index (χ1) is 21.1. The number of sulfonamides is 1. The Hall–Kier alpha value is -3.91. The quantitative estimate of drug-likeness (QED) is 0.417. The van der Waals surface area contributed by atoms with Crippen LogP contribution >= 0.6 is 0 Å². The molecule has 3 heterocycles. The number of anilines is 1. The molecule has 1 aromatic heterocycles. The molecular weight excluding hydrogens is 613 g/mol. The number of carboxylic acid groups (broad SMARTS) is 1. The van der Waals surface area contributed by atoms with Crippen LogP contribution in [0.4, 0.5) is 18.9 Å². The van der Waals surface area contributed by atoms with E-state index in [1.807, 2.05) is 35.2 Å². The van der Waals surface area contributed by atoms with Crippen molar-refractivity contribution in [2.24, 2.45) is 11.8 Å². The number of carboxylic acids is 1. The molecule has 3 aromatic rings. The summed E-state index contributed by atoms with van der Waals surface area (Å²) >= 11 is 0. The Morgan fingerprint density at radius 3 is 2.16 bits per heavy atom. The summed E-state index contributed by atoms with van der Waals surface area (Å²) in [4.78, 5) is 27.2. The maximum absolute atomic E-state index is 13.9. The molecule has 1 amide bonds. The van der Waals surface area contributed by atoms with Gasteiger partial charge in [-0.3, -0.25) is 4.79 Å².